The van der Waals surface area contributed by atoms with Crippen molar-refractivity contribution >= 4 is 21.8 Å². The zero-order chi connectivity index (χ0) is 17.3. The van der Waals surface area contributed by atoms with E-state index in [1.807, 2.05) is 24.4 Å². The third-order valence-corrected chi connectivity index (χ3v) is 5.82. The molecule has 1 amide bonds. The quantitative estimate of drug-likeness (QED) is 0.791. The molecule has 0 bridgehead atoms. The van der Waals surface area contributed by atoms with E-state index in [1.54, 1.807) is 6.20 Å². The molecule has 2 aliphatic rings. The Morgan fingerprint density at radius 1 is 1.12 bits per heavy atom. The summed E-state index contributed by atoms with van der Waals surface area (Å²) < 4.78 is 1.05. The van der Waals surface area contributed by atoms with Gasteiger partial charge in [0.15, 0.2) is 0 Å². The van der Waals surface area contributed by atoms with Crippen LogP contribution in [0.2, 0.25) is 0 Å². The molecule has 5 heteroatoms. The number of benzene rings is 1. The van der Waals surface area contributed by atoms with E-state index < -0.39 is 0 Å². The first-order chi connectivity index (χ1) is 12.2. The minimum Gasteiger partial charge on any atom is -0.339 e. The number of carbonyl (C=O) groups excluding carboxylic acids is 1. The molecule has 1 saturated heterocycles. The molecule has 0 N–H and O–H groups in total. The van der Waals surface area contributed by atoms with Gasteiger partial charge in [0.1, 0.15) is 0 Å². The van der Waals surface area contributed by atoms with Crippen LogP contribution in [-0.4, -0.2) is 46.9 Å². The fourth-order valence-corrected chi connectivity index (χ4v) is 4.10. The second-order valence-electron chi connectivity index (χ2n) is 7.02. The molecule has 0 radical (unpaired) electrons. The highest BCUT2D eigenvalue weighted by atomic mass is 79.9. The molecule has 1 aliphatic carbocycles. The minimum atomic E-state index is -0.269. The van der Waals surface area contributed by atoms with Gasteiger partial charge in [-0.1, -0.05) is 34.1 Å². The molecule has 1 aliphatic heterocycles. The van der Waals surface area contributed by atoms with E-state index in [4.69, 9.17) is 0 Å². The predicted molar refractivity (Wildman–Crippen MR) is 101 cm³/mol. The largest absolute Gasteiger partial charge is 0.339 e. The van der Waals surface area contributed by atoms with Crippen molar-refractivity contribution in [3.63, 3.8) is 0 Å². The van der Waals surface area contributed by atoms with Gasteiger partial charge < -0.3 is 4.90 Å². The summed E-state index contributed by atoms with van der Waals surface area (Å²) in [4.78, 5) is 21.8. The third-order valence-electron chi connectivity index (χ3n) is 5.33. The lowest BCUT2D eigenvalue weighted by molar-refractivity contribution is -0.135. The summed E-state index contributed by atoms with van der Waals surface area (Å²) in [6.45, 7) is 4.39. The summed E-state index contributed by atoms with van der Waals surface area (Å²) in [5, 5.41) is 0. The maximum Gasteiger partial charge on any atom is 0.233 e. The zero-order valence-electron chi connectivity index (χ0n) is 14.2. The Balaban J connectivity index is 1.38. The molecule has 1 saturated carbocycles. The van der Waals surface area contributed by atoms with Crippen molar-refractivity contribution in [1.82, 2.24) is 14.8 Å². The smallest absolute Gasteiger partial charge is 0.233 e. The number of halogens is 1. The molecule has 1 aromatic heterocycles. The highest BCUT2D eigenvalue weighted by Gasteiger charge is 2.53. The van der Waals surface area contributed by atoms with Crippen molar-refractivity contribution in [2.45, 2.75) is 24.8 Å². The van der Waals surface area contributed by atoms with Crippen LogP contribution in [0.1, 0.15) is 24.0 Å². The topological polar surface area (TPSA) is 36.4 Å². The van der Waals surface area contributed by atoms with Crippen LogP contribution in [-0.2, 0) is 16.8 Å². The number of piperazine rings is 1. The SMILES string of the molecule is O=C(N1CCN(Cc2cccnc2)CC1)C1(c2cccc(Br)c2)CC1. The van der Waals surface area contributed by atoms with Crippen molar-refractivity contribution in [2.75, 3.05) is 26.2 Å². The van der Waals surface area contributed by atoms with E-state index in [1.165, 1.54) is 5.56 Å². The molecule has 4 nitrogen and oxygen atoms in total. The Kier molecular flexibility index (Phi) is 4.61. The first-order valence-corrected chi connectivity index (χ1v) is 9.63. The lowest BCUT2D eigenvalue weighted by atomic mass is 9.94. The van der Waals surface area contributed by atoms with Gasteiger partial charge in [0.25, 0.3) is 0 Å². The van der Waals surface area contributed by atoms with E-state index in [0.29, 0.717) is 5.91 Å². The van der Waals surface area contributed by atoms with Gasteiger partial charge in [-0.05, 0) is 42.2 Å². The fourth-order valence-electron chi connectivity index (χ4n) is 3.70. The average molecular weight is 400 g/mol. The minimum absolute atomic E-state index is 0.269. The molecule has 130 valence electrons. The Morgan fingerprint density at radius 2 is 1.92 bits per heavy atom. The molecule has 2 heterocycles. The van der Waals surface area contributed by atoms with E-state index in [0.717, 1.165) is 55.6 Å². The molecule has 0 unspecified atom stereocenters. The summed E-state index contributed by atoms with van der Waals surface area (Å²) in [6, 6.07) is 12.3. The standard InChI is InChI=1S/C20H22BrN3O/c21-18-5-1-4-17(13-18)20(6-7-20)19(25)24-11-9-23(10-12-24)15-16-3-2-8-22-14-16/h1-5,8,13-14H,6-7,9-12,15H2. The van der Waals surface area contributed by atoms with E-state index in [9.17, 15) is 4.79 Å². The van der Waals surface area contributed by atoms with Gasteiger partial charge in [-0.25, -0.2) is 0 Å². The molecule has 0 spiro atoms. The monoisotopic (exact) mass is 399 g/mol. The first kappa shape index (κ1) is 16.7. The Morgan fingerprint density at radius 3 is 2.56 bits per heavy atom. The number of pyridine rings is 1. The van der Waals surface area contributed by atoms with Gasteiger partial charge in [0, 0.05) is 49.6 Å². The second kappa shape index (κ2) is 6.89. The maximum absolute atomic E-state index is 13.1. The van der Waals surface area contributed by atoms with Gasteiger partial charge in [0.05, 0.1) is 5.41 Å². The van der Waals surface area contributed by atoms with Crippen molar-refractivity contribution in [1.29, 1.82) is 0 Å². The van der Waals surface area contributed by atoms with Crippen LogP contribution in [0.5, 0.6) is 0 Å². The number of carbonyl (C=O) groups is 1. The van der Waals surface area contributed by atoms with Gasteiger partial charge >= 0.3 is 0 Å². The van der Waals surface area contributed by atoms with E-state index in [-0.39, 0.29) is 5.41 Å². The van der Waals surface area contributed by atoms with Crippen LogP contribution in [0.25, 0.3) is 0 Å². The van der Waals surface area contributed by atoms with Crippen molar-refractivity contribution in [3.8, 4) is 0 Å². The number of hydrogen-bond donors (Lipinski definition) is 0. The number of hydrogen-bond acceptors (Lipinski definition) is 3. The van der Waals surface area contributed by atoms with Gasteiger partial charge in [0.2, 0.25) is 5.91 Å². The Hall–Kier alpha value is -1.72. The summed E-state index contributed by atoms with van der Waals surface area (Å²) in [5.41, 5.74) is 2.12. The average Bonchev–Trinajstić information content (AvgIpc) is 3.45. The summed E-state index contributed by atoms with van der Waals surface area (Å²) >= 11 is 3.53. The lowest BCUT2D eigenvalue weighted by Gasteiger charge is -2.36. The zero-order valence-corrected chi connectivity index (χ0v) is 15.8. The number of rotatable bonds is 4. The molecular weight excluding hydrogens is 378 g/mol. The Bertz CT molecular complexity index is 753. The van der Waals surface area contributed by atoms with Crippen molar-refractivity contribution in [3.05, 3.63) is 64.4 Å². The normalized spacial score (nSPS) is 19.6. The Labute approximate surface area is 157 Å². The highest BCUT2D eigenvalue weighted by Crippen LogP contribution is 2.50. The molecular formula is C20H22BrN3O. The number of nitrogens with zero attached hydrogens (tertiary/aromatic N) is 3. The van der Waals surface area contributed by atoms with Crippen LogP contribution in [0, 0.1) is 0 Å². The summed E-state index contributed by atoms with van der Waals surface area (Å²) in [7, 11) is 0. The molecule has 2 fully saturated rings. The summed E-state index contributed by atoms with van der Waals surface area (Å²) in [5.74, 6) is 0.312. The van der Waals surface area contributed by atoms with Gasteiger partial charge in [-0.3, -0.25) is 14.7 Å². The van der Waals surface area contributed by atoms with Crippen molar-refractivity contribution < 1.29 is 4.79 Å². The predicted octanol–water partition coefficient (Wildman–Crippen LogP) is 3.22. The lowest BCUT2D eigenvalue weighted by Crippen LogP contribution is -2.51. The first-order valence-electron chi connectivity index (χ1n) is 8.84. The van der Waals surface area contributed by atoms with E-state index in [2.05, 4.69) is 48.9 Å². The van der Waals surface area contributed by atoms with Crippen LogP contribution in [0.4, 0.5) is 0 Å². The molecule has 25 heavy (non-hydrogen) atoms. The highest BCUT2D eigenvalue weighted by molar-refractivity contribution is 9.10. The number of aromatic nitrogens is 1. The molecule has 2 aromatic rings. The van der Waals surface area contributed by atoms with Crippen LogP contribution < -0.4 is 0 Å². The molecule has 1 aromatic carbocycles. The van der Waals surface area contributed by atoms with E-state index >= 15 is 0 Å². The van der Waals surface area contributed by atoms with Crippen LogP contribution in [0.15, 0.2) is 53.3 Å². The molecule has 0 atom stereocenters. The summed E-state index contributed by atoms with van der Waals surface area (Å²) in [6.07, 6.45) is 5.66. The molecule has 4 rings (SSSR count). The second-order valence-corrected chi connectivity index (χ2v) is 7.94. The fraction of sp³-hybridized carbons (Fsp3) is 0.400. The van der Waals surface area contributed by atoms with Crippen LogP contribution >= 0.6 is 15.9 Å². The third kappa shape index (κ3) is 3.48. The van der Waals surface area contributed by atoms with Crippen molar-refractivity contribution in [2.24, 2.45) is 0 Å². The maximum atomic E-state index is 13.1. The van der Waals surface area contributed by atoms with Gasteiger partial charge in [-0.2, -0.15) is 0 Å². The number of amides is 1. The van der Waals surface area contributed by atoms with Gasteiger partial charge in [-0.15, -0.1) is 0 Å². The van der Waals surface area contributed by atoms with Crippen LogP contribution in [0.3, 0.4) is 0 Å².